The Balaban J connectivity index is 2.73. The highest BCUT2D eigenvalue weighted by molar-refractivity contribution is 6.34. The molecule has 1 heterocycles. The van der Waals surface area contributed by atoms with E-state index in [4.69, 9.17) is 32.7 Å². The predicted molar refractivity (Wildman–Crippen MR) is 73.0 cm³/mol. The molecule has 0 bridgehead atoms. The van der Waals surface area contributed by atoms with E-state index in [1.54, 1.807) is 12.1 Å². The van der Waals surface area contributed by atoms with Crippen LogP contribution in [0, 0.1) is 0 Å². The van der Waals surface area contributed by atoms with E-state index in [0.29, 0.717) is 17.2 Å². The zero-order valence-corrected chi connectivity index (χ0v) is 11.7. The molecule has 0 saturated carbocycles. The van der Waals surface area contributed by atoms with Crippen molar-refractivity contribution in [1.82, 2.24) is 9.78 Å². The van der Waals surface area contributed by atoms with Crippen molar-refractivity contribution in [2.75, 3.05) is 14.2 Å². The predicted octanol–water partition coefficient (Wildman–Crippen LogP) is 2.56. The lowest BCUT2D eigenvalue weighted by atomic mass is 10.2. The summed E-state index contributed by atoms with van der Waals surface area (Å²) >= 11 is 12.0. The minimum Gasteiger partial charge on any atom is -0.497 e. The maximum absolute atomic E-state index is 11.8. The smallest absolute Gasteiger partial charge is 0.271 e. The van der Waals surface area contributed by atoms with Gasteiger partial charge in [-0.25, -0.2) is 0 Å². The Morgan fingerprint density at radius 2 is 1.89 bits per heavy atom. The van der Waals surface area contributed by atoms with E-state index < -0.39 is 0 Å². The first kappa shape index (κ1) is 13.7. The van der Waals surface area contributed by atoms with Crippen LogP contribution in [0.4, 0.5) is 0 Å². The molecule has 0 spiro atoms. The first-order chi connectivity index (χ1) is 9.06. The third kappa shape index (κ3) is 2.67. The van der Waals surface area contributed by atoms with Crippen LogP contribution in [0.15, 0.2) is 29.1 Å². The number of halogens is 2. The van der Waals surface area contributed by atoms with Gasteiger partial charge in [0.05, 0.1) is 19.9 Å². The van der Waals surface area contributed by atoms with E-state index in [9.17, 15) is 4.79 Å². The monoisotopic (exact) mass is 300 g/mol. The van der Waals surface area contributed by atoms with E-state index in [1.807, 2.05) is 0 Å². The quantitative estimate of drug-likeness (QED) is 0.874. The van der Waals surface area contributed by atoms with E-state index >= 15 is 0 Å². The lowest BCUT2D eigenvalue weighted by Gasteiger charge is -2.12. The SMILES string of the molecule is COc1cc(OC)c(Cl)c(-n2nc(Cl)ccc2=O)c1. The molecule has 2 aromatic rings. The molecule has 0 aliphatic rings. The van der Waals surface area contributed by atoms with E-state index in [-0.39, 0.29) is 15.7 Å². The highest BCUT2D eigenvalue weighted by Crippen LogP contribution is 2.34. The zero-order chi connectivity index (χ0) is 14.0. The summed E-state index contributed by atoms with van der Waals surface area (Å²) in [5.41, 5.74) is -0.0213. The summed E-state index contributed by atoms with van der Waals surface area (Å²) < 4.78 is 11.4. The van der Waals surface area contributed by atoms with Gasteiger partial charge in [0.1, 0.15) is 21.7 Å². The van der Waals surface area contributed by atoms with Crippen LogP contribution in [-0.4, -0.2) is 24.0 Å². The van der Waals surface area contributed by atoms with Gasteiger partial charge in [-0.15, -0.1) is 0 Å². The average molecular weight is 301 g/mol. The molecule has 0 aliphatic carbocycles. The van der Waals surface area contributed by atoms with Crippen LogP contribution in [0.3, 0.4) is 0 Å². The summed E-state index contributed by atoms with van der Waals surface area (Å²) in [6.07, 6.45) is 0. The maximum Gasteiger partial charge on any atom is 0.271 e. The van der Waals surface area contributed by atoms with E-state index in [0.717, 1.165) is 4.68 Å². The highest BCUT2D eigenvalue weighted by Gasteiger charge is 2.14. The molecular weight excluding hydrogens is 291 g/mol. The Hall–Kier alpha value is -1.72. The summed E-state index contributed by atoms with van der Waals surface area (Å²) in [5.74, 6) is 0.870. The van der Waals surface area contributed by atoms with Crippen molar-refractivity contribution in [3.8, 4) is 17.2 Å². The molecule has 0 amide bonds. The van der Waals surface area contributed by atoms with Crippen molar-refractivity contribution in [1.29, 1.82) is 0 Å². The second-order valence-electron chi connectivity index (χ2n) is 3.57. The number of rotatable bonds is 3. The van der Waals surface area contributed by atoms with Gasteiger partial charge >= 0.3 is 0 Å². The number of benzene rings is 1. The fourth-order valence-corrected chi connectivity index (χ4v) is 1.95. The Morgan fingerprint density at radius 1 is 1.16 bits per heavy atom. The molecule has 0 fully saturated rings. The van der Waals surface area contributed by atoms with Gasteiger partial charge in [-0.3, -0.25) is 4.79 Å². The molecule has 5 nitrogen and oxygen atoms in total. The zero-order valence-electron chi connectivity index (χ0n) is 10.2. The van der Waals surface area contributed by atoms with E-state index in [2.05, 4.69) is 5.10 Å². The van der Waals surface area contributed by atoms with Crippen molar-refractivity contribution in [3.05, 3.63) is 44.8 Å². The van der Waals surface area contributed by atoms with Crippen LogP contribution in [0.1, 0.15) is 0 Å². The van der Waals surface area contributed by atoms with Gasteiger partial charge in [-0.2, -0.15) is 9.78 Å². The summed E-state index contributed by atoms with van der Waals surface area (Å²) in [5, 5.41) is 4.36. The number of hydrogen-bond donors (Lipinski definition) is 0. The Bertz CT molecular complexity index is 671. The number of methoxy groups -OCH3 is 2. The Labute approximate surface area is 119 Å². The van der Waals surface area contributed by atoms with Crippen LogP contribution in [-0.2, 0) is 0 Å². The Kier molecular flexibility index (Phi) is 3.97. The first-order valence-electron chi connectivity index (χ1n) is 5.24. The van der Waals surface area contributed by atoms with Crippen molar-refractivity contribution < 1.29 is 9.47 Å². The van der Waals surface area contributed by atoms with Crippen LogP contribution in [0.5, 0.6) is 11.5 Å². The Morgan fingerprint density at radius 3 is 2.53 bits per heavy atom. The minimum atomic E-state index is -0.360. The van der Waals surface area contributed by atoms with Gasteiger partial charge in [0, 0.05) is 18.2 Å². The van der Waals surface area contributed by atoms with Crippen LogP contribution < -0.4 is 15.0 Å². The molecule has 2 rings (SSSR count). The molecule has 100 valence electrons. The largest absolute Gasteiger partial charge is 0.497 e. The molecule has 1 aromatic heterocycles. The maximum atomic E-state index is 11.8. The molecular formula is C12H10Cl2N2O3. The van der Waals surface area contributed by atoms with Crippen LogP contribution in [0.25, 0.3) is 5.69 Å². The second kappa shape index (κ2) is 5.50. The second-order valence-corrected chi connectivity index (χ2v) is 4.33. The molecule has 19 heavy (non-hydrogen) atoms. The molecule has 0 atom stereocenters. The van der Waals surface area contributed by atoms with Crippen molar-refractivity contribution in [3.63, 3.8) is 0 Å². The fraction of sp³-hybridized carbons (Fsp3) is 0.167. The third-order valence-corrected chi connectivity index (χ3v) is 3.03. The van der Waals surface area contributed by atoms with Crippen molar-refractivity contribution in [2.45, 2.75) is 0 Å². The van der Waals surface area contributed by atoms with Gasteiger partial charge in [0.25, 0.3) is 5.56 Å². The molecule has 0 aliphatic heterocycles. The molecule has 0 unspecified atom stereocenters. The topological polar surface area (TPSA) is 53.4 Å². The normalized spacial score (nSPS) is 10.3. The standard InChI is InChI=1S/C12H10Cl2N2O3/c1-18-7-5-8(12(14)9(6-7)19-2)16-11(17)4-3-10(13)15-16/h3-6H,1-2H3. The summed E-state index contributed by atoms with van der Waals surface area (Å²) in [6.45, 7) is 0. The van der Waals surface area contributed by atoms with Gasteiger partial charge < -0.3 is 9.47 Å². The lowest BCUT2D eigenvalue weighted by molar-refractivity contribution is 0.394. The number of hydrogen-bond acceptors (Lipinski definition) is 4. The van der Waals surface area contributed by atoms with Crippen LogP contribution >= 0.6 is 23.2 Å². The van der Waals surface area contributed by atoms with Crippen LogP contribution in [0.2, 0.25) is 10.2 Å². The first-order valence-corrected chi connectivity index (χ1v) is 6.00. The molecule has 1 aromatic carbocycles. The fourth-order valence-electron chi connectivity index (χ4n) is 1.54. The van der Waals surface area contributed by atoms with E-state index in [1.165, 1.54) is 26.4 Å². The number of aromatic nitrogens is 2. The summed E-state index contributed by atoms with van der Waals surface area (Å²) in [6, 6.07) is 5.90. The molecule has 0 radical (unpaired) electrons. The van der Waals surface area contributed by atoms with Gasteiger partial charge in [-0.1, -0.05) is 23.2 Å². The number of ether oxygens (including phenoxy) is 2. The van der Waals surface area contributed by atoms with Gasteiger partial charge in [0.15, 0.2) is 0 Å². The number of nitrogens with zero attached hydrogens (tertiary/aromatic N) is 2. The average Bonchev–Trinajstić information content (AvgIpc) is 2.42. The summed E-state index contributed by atoms with van der Waals surface area (Å²) in [7, 11) is 2.97. The van der Waals surface area contributed by atoms with Gasteiger partial charge in [0.2, 0.25) is 0 Å². The van der Waals surface area contributed by atoms with Crippen molar-refractivity contribution >= 4 is 23.2 Å². The van der Waals surface area contributed by atoms with Crippen molar-refractivity contribution in [2.24, 2.45) is 0 Å². The molecule has 7 heteroatoms. The lowest BCUT2D eigenvalue weighted by Crippen LogP contribution is -2.20. The molecule has 0 saturated heterocycles. The minimum absolute atomic E-state index is 0.178. The third-order valence-electron chi connectivity index (χ3n) is 2.45. The molecule has 0 N–H and O–H groups in total. The van der Waals surface area contributed by atoms with Gasteiger partial charge in [-0.05, 0) is 6.07 Å². The highest BCUT2D eigenvalue weighted by atomic mass is 35.5. The summed E-state index contributed by atoms with van der Waals surface area (Å²) in [4.78, 5) is 11.8.